The average Bonchev–Trinajstić information content (AvgIpc) is 2.92. The van der Waals surface area contributed by atoms with E-state index < -0.39 is 0 Å². The maximum atomic E-state index is 12.6. The van der Waals surface area contributed by atoms with Crippen molar-refractivity contribution < 1.29 is 14.3 Å². The number of nitrogens with one attached hydrogen (secondary N) is 1. The van der Waals surface area contributed by atoms with Gasteiger partial charge in [-0.05, 0) is 63.4 Å². The SMILES string of the molecule is CCNC(=O)c1ccc(OCC(=O)c2cc(C)n(CCC(C)C)c2C)cc1. The monoisotopic (exact) mass is 370 g/mol. The molecule has 0 aliphatic carbocycles. The zero-order chi connectivity index (χ0) is 20.0. The van der Waals surface area contributed by atoms with Crippen LogP contribution in [0.5, 0.6) is 5.75 Å². The third-order valence-corrected chi connectivity index (χ3v) is 4.63. The fourth-order valence-electron chi connectivity index (χ4n) is 3.01. The molecular weight excluding hydrogens is 340 g/mol. The highest BCUT2D eigenvalue weighted by Gasteiger charge is 2.16. The lowest BCUT2D eigenvalue weighted by Gasteiger charge is -2.11. The van der Waals surface area contributed by atoms with Crippen molar-refractivity contribution >= 4 is 11.7 Å². The van der Waals surface area contributed by atoms with Gasteiger partial charge >= 0.3 is 0 Å². The lowest BCUT2D eigenvalue weighted by molar-refractivity contribution is 0.0918. The first-order chi connectivity index (χ1) is 12.8. The predicted molar refractivity (Wildman–Crippen MR) is 108 cm³/mol. The molecule has 0 aliphatic heterocycles. The third kappa shape index (κ3) is 5.46. The molecule has 2 rings (SSSR count). The van der Waals surface area contributed by atoms with Crippen LogP contribution in [0.2, 0.25) is 0 Å². The zero-order valence-corrected chi connectivity index (χ0v) is 17.0. The minimum Gasteiger partial charge on any atom is -0.485 e. The van der Waals surface area contributed by atoms with Crippen LogP contribution in [0.4, 0.5) is 0 Å². The maximum absolute atomic E-state index is 12.6. The van der Waals surface area contributed by atoms with Crippen molar-refractivity contribution in [2.75, 3.05) is 13.2 Å². The van der Waals surface area contributed by atoms with Crippen molar-refractivity contribution in [1.82, 2.24) is 9.88 Å². The Kier molecular flexibility index (Phi) is 7.22. The quantitative estimate of drug-likeness (QED) is 0.674. The number of benzene rings is 1. The summed E-state index contributed by atoms with van der Waals surface area (Å²) < 4.78 is 7.83. The van der Waals surface area contributed by atoms with E-state index >= 15 is 0 Å². The number of carbonyl (C=O) groups is 2. The Bertz CT molecular complexity index is 789. The summed E-state index contributed by atoms with van der Waals surface area (Å²) in [4.78, 5) is 24.4. The van der Waals surface area contributed by atoms with Crippen LogP contribution in [-0.4, -0.2) is 29.4 Å². The van der Waals surface area contributed by atoms with Gasteiger partial charge in [-0.3, -0.25) is 9.59 Å². The first-order valence-electron chi connectivity index (χ1n) is 9.54. The molecule has 1 aromatic carbocycles. The van der Waals surface area contributed by atoms with Crippen LogP contribution in [0.1, 0.15) is 59.3 Å². The fraction of sp³-hybridized carbons (Fsp3) is 0.455. The molecule has 0 spiro atoms. The number of hydrogen-bond acceptors (Lipinski definition) is 3. The van der Waals surface area contributed by atoms with E-state index in [1.54, 1.807) is 24.3 Å². The molecule has 1 aromatic heterocycles. The molecule has 2 aromatic rings. The number of ketones is 1. The van der Waals surface area contributed by atoms with Gasteiger partial charge in [0.25, 0.3) is 5.91 Å². The summed E-state index contributed by atoms with van der Waals surface area (Å²) in [7, 11) is 0. The second kappa shape index (κ2) is 9.40. The van der Waals surface area contributed by atoms with E-state index in [4.69, 9.17) is 4.74 Å². The molecule has 146 valence electrons. The van der Waals surface area contributed by atoms with Gasteiger partial charge < -0.3 is 14.6 Å². The number of Topliss-reactive ketones (excluding diaryl/α,β-unsaturated/α-hetero) is 1. The van der Waals surface area contributed by atoms with E-state index in [0.29, 0.717) is 23.8 Å². The number of ether oxygens (including phenoxy) is 1. The van der Waals surface area contributed by atoms with Crippen LogP contribution in [0.25, 0.3) is 0 Å². The van der Waals surface area contributed by atoms with Crippen molar-refractivity contribution in [3.8, 4) is 5.75 Å². The van der Waals surface area contributed by atoms with Crippen LogP contribution >= 0.6 is 0 Å². The number of amides is 1. The molecule has 1 N–H and O–H groups in total. The minimum absolute atomic E-state index is 0.0189. The molecule has 0 fully saturated rings. The second-order valence-corrected chi connectivity index (χ2v) is 7.21. The molecule has 0 radical (unpaired) electrons. The molecule has 0 bridgehead atoms. The molecular formula is C22H30N2O3. The Morgan fingerprint density at radius 3 is 2.41 bits per heavy atom. The molecule has 5 nitrogen and oxygen atoms in total. The number of aromatic nitrogens is 1. The molecule has 0 atom stereocenters. The van der Waals surface area contributed by atoms with Gasteiger partial charge in [0.15, 0.2) is 6.61 Å². The van der Waals surface area contributed by atoms with Crippen molar-refractivity contribution in [2.24, 2.45) is 5.92 Å². The summed E-state index contributed by atoms with van der Waals surface area (Å²) in [5.74, 6) is 1.04. The Balaban J connectivity index is 1.99. The van der Waals surface area contributed by atoms with Gasteiger partial charge in [0.2, 0.25) is 5.78 Å². The van der Waals surface area contributed by atoms with E-state index in [2.05, 4.69) is 23.7 Å². The number of rotatable bonds is 9. The lowest BCUT2D eigenvalue weighted by Crippen LogP contribution is -2.22. The summed E-state index contributed by atoms with van der Waals surface area (Å²) in [5, 5.41) is 2.75. The highest BCUT2D eigenvalue weighted by atomic mass is 16.5. The number of carbonyl (C=O) groups excluding carboxylic acids is 2. The highest BCUT2D eigenvalue weighted by Crippen LogP contribution is 2.19. The van der Waals surface area contributed by atoms with E-state index in [9.17, 15) is 9.59 Å². The number of hydrogen-bond donors (Lipinski definition) is 1. The van der Waals surface area contributed by atoms with Crippen LogP contribution in [0.15, 0.2) is 30.3 Å². The largest absolute Gasteiger partial charge is 0.485 e. The molecule has 5 heteroatoms. The molecule has 27 heavy (non-hydrogen) atoms. The predicted octanol–water partition coefficient (Wildman–Crippen LogP) is 4.16. The number of aryl methyl sites for hydroxylation is 1. The fourth-order valence-corrected chi connectivity index (χ4v) is 3.01. The summed E-state index contributed by atoms with van der Waals surface area (Å²) in [5.41, 5.74) is 3.38. The van der Waals surface area contributed by atoms with Gasteiger partial charge in [0.1, 0.15) is 5.75 Å². The number of nitrogens with zero attached hydrogens (tertiary/aromatic N) is 1. The Morgan fingerprint density at radius 2 is 1.81 bits per heavy atom. The Morgan fingerprint density at radius 1 is 1.15 bits per heavy atom. The van der Waals surface area contributed by atoms with Gasteiger partial charge in [-0.15, -0.1) is 0 Å². The second-order valence-electron chi connectivity index (χ2n) is 7.21. The van der Waals surface area contributed by atoms with Crippen molar-refractivity contribution in [3.05, 3.63) is 52.8 Å². The van der Waals surface area contributed by atoms with Gasteiger partial charge in [0.05, 0.1) is 0 Å². The van der Waals surface area contributed by atoms with E-state index in [-0.39, 0.29) is 18.3 Å². The standard InChI is InChI=1S/C22H30N2O3/c1-6-23-22(26)18-7-9-19(10-8-18)27-14-21(25)20-13-16(4)24(17(20)5)12-11-15(2)3/h7-10,13,15H,6,11-12,14H2,1-5H3,(H,23,26). The first kappa shape index (κ1) is 20.7. The molecule has 0 unspecified atom stereocenters. The molecule has 1 amide bonds. The minimum atomic E-state index is -0.117. The zero-order valence-electron chi connectivity index (χ0n) is 17.0. The normalized spacial score (nSPS) is 10.9. The van der Waals surface area contributed by atoms with Gasteiger partial charge in [0, 0.05) is 35.6 Å². The molecule has 1 heterocycles. The van der Waals surface area contributed by atoms with E-state index in [1.807, 2.05) is 26.8 Å². The summed E-state index contributed by atoms with van der Waals surface area (Å²) in [6.07, 6.45) is 1.08. The smallest absolute Gasteiger partial charge is 0.251 e. The van der Waals surface area contributed by atoms with Gasteiger partial charge in [-0.2, -0.15) is 0 Å². The van der Waals surface area contributed by atoms with Crippen LogP contribution in [0, 0.1) is 19.8 Å². The highest BCUT2D eigenvalue weighted by molar-refractivity contribution is 5.98. The molecule has 0 saturated heterocycles. The average molecular weight is 370 g/mol. The van der Waals surface area contributed by atoms with Gasteiger partial charge in [-0.25, -0.2) is 0 Å². The lowest BCUT2D eigenvalue weighted by atomic mass is 10.1. The summed E-state index contributed by atoms with van der Waals surface area (Å²) in [6, 6.07) is 8.76. The molecule has 0 saturated carbocycles. The summed E-state index contributed by atoms with van der Waals surface area (Å²) >= 11 is 0. The van der Waals surface area contributed by atoms with Crippen molar-refractivity contribution in [1.29, 1.82) is 0 Å². The molecule has 0 aliphatic rings. The van der Waals surface area contributed by atoms with Crippen LogP contribution in [0.3, 0.4) is 0 Å². The third-order valence-electron chi connectivity index (χ3n) is 4.63. The van der Waals surface area contributed by atoms with E-state index in [0.717, 1.165) is 29.9 Å². The van der Waals surface area contributed by atoms with Gasteiger partial charge in [-0.1, -0.05) is 13.8 Å². The summed E-state index contributed by atoms with van der Waals surface area (Å²) in [6.45, 7) is 11.8. The Hall–Kier alpha value is -2.56. The maximum Gasteiger partial charge on any atom is 0.251 e. The van der Waals surface area contributed by atoms with E-state index in [1.165, 1.54) is 0 Å². The van der Waals surface area contributed by atoms with Crippen LogP contribution < -0.4 is 10.1 Å². The van der Waals surface area contributed by atoms with Crippen LogP contribution in [-0.2, 0) is 6.54 Å². The first-order valence-corrected chi connectivity index (χ1v) is 9.54. The van der Waals surface area contributed by atoms with Crippen molar-refractivity contribution in [3.63, 3.8) is 0 Å². The Labute approximate surface area is 161 Å². The topological polar surface area (TPSA) is 60.3 Å². The van der Waals surface area contributed by atoms with Crippen molar-refractivity contribution in [2.45, 2.75) is 47.6 Å².